The van der Waals surface area contributed by atoms with Crippen LogP contribution >= 0.6 is 0 Å². The van der Waals surface area contributed by atoms with Crippen LogP contribution in [0, 0.1) is 11.7 Å². The van der Waals surface area contributed by atoms with Gasteiger partial charge in [0, 0.05) is 0 Å². The van der Waals surface area contributed by atoms with E-state index in [1.807, 2.05) is 30.3 Å². The van der Waals surface area contributed by atoms with Crippen molar-refractivity contribution in [2.45, 2.75) is 12.3 Å². The van der Waals surface area contributed by atoms with Gasteiger partial charge in [-0.1, -0.05) is 60.7 Å². The Kier molecular flexibility index (Phi) is 2.97. The average molecular weight is 238 g/mol. The van der Waals surface area contributed by atoms with Gasteiger partial charge in [0.15, 0.2) is 0 Å². The zero-order valence-electron chi connectivity index (χ0n) is 10.1. The molecule has 0 spiro atoms. The first-order valence-electron chi connectivity index (χ1n) is 6.32. The van der Waals surface area contributed by atoms with Crippen LogP contribution in [0.3, 0.4) is 0 Å². The standard InChI is InChI=1S/C17H15F/c18-17-9-5-4-8-15(17)16-12-14(16)11-10-13-6-2-1-3-7-13/h1-11,14,16H,12H2/b11-10+/t14-,16-/m1/s1. The predicted octanol–water partition coefficient (Wildman–Crippen LogP) is 4.64. The first-order chi connectivity index (χ1) is 8.84. The summed E-state index contributed by atoms with van der Waals surface area (Å²) in [7, 11) is 0. The molecular weight excluding hydrogens is 223 g/mol. The Morgan fingerprint density at radius 1 is 0.944 bits per heavy atom. The van der Waals surface area contributed by atoms with Gasteiger partial charge < -0.3 is 0 Å². The van der Waals surface area contributed by atoms with E-state index >= 15 is 0 Å². The summed E-state index contributed by atoms with van der Waals surface area (Å²) in [6, 6.07) is 17.3. The van der Waals surface area contributed by atoms with Gasteiger partial charge in [-0.05, 0) is 35.4 Å². The Bertz CT molecular complexity index is 557. The van der Waals surface area contributed by atoms with Crippen molar-refractivity contribution in [1.29, 1.82) is 0 Å². The van der Waals surface area contributed by atoms with E-state index < -0.39 is 0 Å². The van der Waals surface area contributed by atoms with E-state index in [1.165, 1.54) is 5.56 Å². The lowest BCUT2D eigenvalue weighted by molar-refractivity contribution is 0.609. The maximum Gasteiger partial charge on any atom is 0.126 e. The fourth-order valence-corrected chi connectivity index (χ4v) is 2.36. The van der Waals surface area contributed by atoms with E-state index in [0.717, 1.165) is 12.0 Å². The van der Waals surface area contributed by atoms with Crippen molar-refractivity contribution >= 4 is 6.08 Å². The monoisotopic (exact) mass is 238 g/mol. The van der Waals surface area contributed by atoms with Crippen molar-refractivity contribution in [3.63, 3.8) is 0 Å². The predicted molar refractivity (Wildman–Crippen MR) is 72.7 cm³/mol. The third-order valence-corrected chi connectivity index (χ3v) is 3.48. The van der Waals surface area contributed by atoms with Gasteiger partial charge in [0.25, 0.3) is 0 Å². The van der Waals surface area contributed by atoms with Gasteiger partial charge in [-0.3, -0.25) is 0 Å². The SMILES string of the molecule is Fc1ccccc1[C@@H]1C[C@H]1/C=C/c1ccccc1. The molecule has 0 heterocycles. The van der Waals surface area contributed by atoms with Crippen LogP contribution in [-0.2, 0) is 0 Å². The van der Waals surface area contributed by atoms with Crippen molar-refractivity contribution in [2.75, 3.05) is 0 Å². The Morgan fingerprint density at radius 2 is 1.67 bits per heavy atom. The highest BCUT2D eigenvalue weighted by atomic mass is 19.1. The second-order valence-corrected chi connectivity index (χ2v) is 4.80. The summed E-state index contributed by atoms with van der Waals surface area (Å²) in [5.74, 6) is 0.784. The van der Waals surface area contributed by atoms with Crippen LogP contribution in [0.1, 0.15) is 23.5 Å². The van der Waals surface area contributed by atoms with E-state index in [1.54, 1.807) is 12.1 Å². The normalized spacial score (nSPS) is 22.3. The van der Waals surface area contributed by atoms with E-state index in [0.29, 0.717) is 11.8 Å². The Balaban J connectivity index is 1.69. The third-order valence-electron chi connectivity index (χ3n) is 3.48. The van der Waals surface area contributed by atoms with Crippen LogP contribution in [0.15, 0.2) is 60.7 Å². The number of rotatable bonds is 3. The lowest BCUT2D eigenvalue weighted by atomic mass is 10.1. The molecule has 0 saturated heterocycles. The van der Waals surface area contributed by atoms with Gasteiger partial charge in [-0.2, -0.15) is 0 Å². The average Bonchev–Trinajstić information content (AvgIpc) is 3.18. The topological polar surface area (TPSA) is 0 Å². The van der Waals surface area contributed by atoms with Crippen molar-refractivity contribution < 1.29 is 4.39 Å². The molecule has 0 amide bonds. The minimum absolute atomic E-state index is 0.0712. The number of hydrogen-bond acceptors (Lipinski definition) is 0. The second kappa shape index (κ2) is 4.77. The number of benzene rings is 2. The van der Waals surface area contributed by atoms with Gasteiger partial charge in [0.05, 0.1) is 0 Å². The van der Waals surface area contributed by atoms with Crippen LogP contribution < -0.4 is 0 Å². The molecule has 2 aromatic carbocycles. The van der Waals surface area contributed by atoms with E-state index in [4.69, 9.17) is 0 Å². The van der Waals surface area contributed by atoms with Gasteiger partial charge in [0.2, 0.25) is 0 Å². The van der Waals surface area contributed by atoms with Crippen LogP contribution in [0.5, 0.6) is 0 Å². The molecule has 18 heavy (non-hydrogen) atoms. The van der Waals surface area contributed by atoms with Gasteiger partial charge >= 0.3 is 0 Å². The molecule has 1 fully saturated rings. The Hall–Kier alpha value is -1.89. The summed E-state index contributed by atoms with van der Waals surface area (Å²) in [6.07, 6.45) is 5.39. The molecule has 1 aliphatic rings. The minimum atomic E-state index is -0.0712. The van der Waals surface area contributed by atoms with E-state index in [-0.39, 0.29) is 5.82 Å². The number of halogens is 1. The maximum atomic E-state index is 13.6. The minimum Gasteiger partial charge on any atom is -0.207 e. The molecule has 2 atom stereocenters. The number of allylic oxidation sites excluding steroid dienone is 1. The fourth-order valence-electron chi connectivity index (χ4n) is 2.36. The van der Waals surface area contributed by atoms with E-state index in [2.05, 4.69) is 24.3 Å². The smallest absolute Gasteiger partial charge is 0.126 e. The molecular formula is C17H15F. The summed E-state index contributed by atoms with van der Waals surface area (Å²) in [6.45, 7) is 0. The zero-order valence-corrected chi connectivity index (χ0v) is 10.1. The largest absolute Gasteiger partial charge is 0.207 e. The highest BCUT2D eigenvalue weighted by molar-refractivity contribution is 5.50. The quantitative estimate of drug-likeness (QED) is 0.730. The Morgan fingerprint density at radius 3 is 2.44 bits per heavy atom. The van der Waals surface area contributed by atoms with Crippen LogP contribution in [-0.4, -0.2) is 0 Å². The molecule has 3 rings (SSSR count). The molecule has 0 radical (unpaired) electrons. The molecule has 0 aliphatic heterocycles. The zero-order chi connectivity index (χ0) is 12.4. The molecule has 1 aliphatic carbocycles. The third kappa shape index (κ3) is 2.35. The summed E-state index contributed by atoms with van der Waals surface area (Å²) in [5.41, 5.74) is 2.07. The van der Waals surface area contributed by atoms with Crippen LogP contribution in [0.4, 0.5) is 4.39 Å². The van der Waals surface area contributed by atoms with Crippen molar-refractivity contribution in [3.8, 4) is 0 Å². The van der Waals surface area contributed by atoms with Crippen molar-refractivity contribution in [3.05, 3.63) is 77.6 Å². The molecule has 0 aromatic heterocycles. The molecule has 2 aromatic rings. The first-order valence-corrected chi connectivity index (χ1v) is 6.32. The Labute approximate surface area is 107 Å². The molecule has 0 bridgehead atoms. The van der Waals surface area contributed by atoms with Gasteiger partial charge in [-0.15, -0.1) is 0 Å². The van der Waals surface area contributed by atoms with Gasteiger partial charge in [0.1, 0.15) is 5.82 Å². The fraction of sp³-hybridized carbons (Fsp3) is 0.176. The molecule has 0 N–H and O–H groups in total. The molecule has 0 unspecified atom stereocenters. The number of hydrogen-bond donors (Lipinski definition) is 0. The highest BCUT2D eigenvalue weighted by Gasteiger charge is 2.37. The summed E-state index contributed by atoms with van der Waals surface area (Å²) in [5, 5.41) is 0. The lowest BCUT2D eigenvalue weighted by Gasteiger charge is -1.99. The molecule has 1 saturated carbocycles. The molecule has 90 valence electrons. The van der Waals surface area contributed by atoms with Crippen LogP contribution in [0.2, 0.25) is 0 Å². The molecule has 1 heteroatoms. The van der Waals surface area contributed by atoms with Gasteiger partial charge in [-0.25, -0.2) is 4.39 Å². The summed E-state index contributed by atoms with van der Waals surface area (Å²) >= 11 is 0. The first kappa shape index (κ1) is 11.2. The summed E-state index contributed by atoms with van der Waals surface area (Å²) in [4.78, 5) is 0. The lowest BCUT2D eigenvalue weighted by Crippen LogP contribution is -1.87. The molecule has 0 nitrogen and oxygen atoms in total. The second-order valence-electron chi connectivity index (χ2n) is 4.80. The summed E-state index contributed by atoms with van der Waals surface area (Å²) < 4.78 is 13.6. The van der Waals surface area contributed by atoms with Crippen LogP contribution in [0.25, 0.3) is 6.08 Å². The highest BCUT2D eigenvalue weighted by Crippen LogP contribution is 2.49. The van der Waals surface area contributed by atoms with E-state index in [9.17, 15) is 4.39 Å². The van der Waals surface area contributed by atoms with Crippen molar-refractivity contribution in [2.24, 2.45) is 5.92 Å². The van der Waals surface area contributed by atoms with Crippen molar-refractivity contribution in [1.82, 2.24) is 0 Å². The maximum absolute atomic E-state index is 13.6.